The Morgan fingerprint density at radius 3 is 2.52 bits per heavy atom. The van der Waals surface area contributed by atoms with E-state index < -0.39 is 0 Å². The summed E-state index contributed by atoms with van der Waals surface area (Å²) in [6.07, 6.45) is 4.63. The lowest BCUT2D eigenvalue weighted by Gasteiger charge is -2.10. The highest BCUT2D eigenvalue weighted by Crippen LogP contribution is 2.20. The van der Waals surface area contributed by atoms with Crippen LogP contribution in [-0.4, -0.2) is 25.6 Å². The molecule has 0 spiro atoms. The molecule has 33 heavy (non-hydrogen) atoms. The molecule has 0 unspecified atom stereocenters. The summed E-state index contributed by atoms with van der Waals surface area (Å²) in [6.45, 7) is 0.465. The highest BCUT2D eigenvalue weighted by Gasteiger charge is 2.07. The van der Waals surface area contributed by atoms with Gasteiger partial charge in [0.05, 0.1) is 11.2 Å². The summed E-state index contributed by atoms with van der Waals surface area (Å²) in [5, 5.41) is 15.9. The van der Waals surface area contributed by atoms with Crippen molar-refractivity contribution in [2.24, 2.45) is 0 Å². The lowest BCUT2D eigenvalue weighted by atomic mass is 10.1. The van der Waals surface area contributed by atoms with E-state index in [1.165, 1.54) is 0 Å². The van der Waals surface area contributed by atoms with Gasteiger partial charge in [0.25, 0.3) is 0 Å². The number of aromatic nitrogens is 5. The summed E-state index contributed by atoms with van der Waals surface area (Å²) in [4.78, 5) is 4.66. The number of H-pyrrole nitrogens is 1. The number of hydrogen-bond acceptors (Lipinski definition) is 5. The van der Waals surface area contributed by atoms with Crippen LogP contribution in [0, 0.1) is 0 Å². The Hall–Kier alpha value is -4.03. The van der Waals surface area contributed by atoms with E-state index in [0.717, 1.165) is 39.0 Å². The van der Waals surface area contributed by atoms with Crippen molar-refractivity contribution in [3.63, 3.8) is 0 Å². The molecule has 0 saturated carbocycles. The van der Waals surface area contributed by atoms with Gasteiger partial charge >= 0.3 is 0 Å². The van der Waals surface area contributed by atoms with Gasteiger partial charge in [-0.25, -0.2) is 4.98 Å². The first kappa shape index (κ1) is 20.8. The number of aromatic amines is 1. The highest BCUT2D eigenvalue weighted by molar-refractivity contribution is 6.31. The van der Waals surface area contributed by atoms with E-state index in [1.807, 2.05) is 78.9 Å². The van der Waals surface area contributed by atoms with Gasteiger partial charge in [-0.15, -0.1) is 10.2 Å². The summed E-state index contributed by atoms with van der Waals surface area (Å²) in [6, 6.07) is 25.8. The van der Waals surface area contributed by atoms with Crippen LogP contribution in [0.4, 0.5) is 0 Å². The molecule has 7 heteroatoms. The van der Waals surface area contributed by atoms with Crippen LogP contribution in [0.1, 0.15) is 28.2 Å². The molecule has 0 fully saturated rings. The number of nitrogens with zero attached hydrogens (tertiary/aromatic N) is 4. The number of hydrogen-bond donors (Lipinski definition) is 1. The van der Waals surface area contributed by atoms with E-state index in [0.29, 0.717) is 23.9 Å². The maximum absolute atomic E-state index is 6.08. The first-order valence-corrected chi connectivity index (χ1v) is 10.9. The van der Waals surface area contributed by atoms with Crippen molar-refractivity contribution < 1.29 is 4.74 Å². The normalized spacial score (nSPS) is 11.3. The fourth-order valence-corrected chi connectivity index (χ4v) is 3.68. The molecule has 0 amide bonds. The van der Waals surface area contributed by atoms with Crippen molar-refractivity contribution in [1.29, 1.82) is 0 Å². The van der Waals surface area contributed by atoms with Gasteiger partial charge in [-0.1, -0.05) is 71.4 Å². The smallest absolute Gasteiger partial charge is 0.178 e. The van der Waals surface area contributed by atoms with Crippen LogP contribution in [0.3, 0.4) is 0 Å². The fourth-order valence-electron chi connectivity index (χ4n) is 3.52. The largest absolute Gasteiger partial charge is 0.489 e. The van der Waals surface area contributed by atoms with Crippen LogP contribution < -0.4 is 4.74 Å². The minimum atomic E-state index is 0.465. The van der Waals surface area contributed by atoms with Crippen molar-refractivity contribution in [2.75, 3.05) is 0 Å². The zero-order chi connectivity index (χ0) is 22.5. The van der Waals surface area contributed by atoms with Gasteiger partial charge in [0.1, 0.15) is 12.4 Å². The second-order valence-corrected chi connectivity index (χ2v) is 7.97. The van der Waals surface area contributed by atoms with E-state index in [4.69, 9.17) is 16.3 Å². The van der Waals surface area contributed by atoms with Gasteiger partial charge in [0.15, 0.2) is 5.82 Å². The minimum Gasteiger partial charge on any atom is -0.489 e. The Morgan fingerprint density at radius 1 is 0.879 bits per heavy atom. The summed E-state index contributed by atoms with van der Waals surface area (Å²) < 4.78 is 6.02. The lowest BCUT2D eigenvalue weighted by molar-refractivity contribution is 0.305. The first-order valence-electron chi connectivity index (χ1n) is 10.5. The van der Waals surface area contributed by atoms with Crippen molar-refractivity contribution in [1.82, 2.24) is 25.6 Å². The van der Waals surface area contributed by atoms with E-state index >= 15 is 0 Å². The average molecular weight is 454 g/mol. The van der Waals surface area contributed by atoms with Crippen molar-refractivity contribution in [3.8, 4) is 5.75 Å². The Bertz CT molecular complexity index is 1400. The molecule has 0 aliphatic heterocycles. The predicted octanol–water partition coefficient (Wildman–Crippen LogP) is 5.74. The molecule has 0 radical (unpaired) electrons. The molecule has 2 aromatic heterocycles. The number of pyridine rings is 1. The van der Waals surface area contributed by atoms with Gasteiger partial charge < -0.3 is 4.74 Å². The molecule has 1 N–H and O–H groups in total. The van der Waals surface area contributed by atoms with Gasteiger partial charge in [-0.2, -0.15) is 5.21 Å². The van der Waals surface area contributed by atoms with E-state index in [-0.39, 0.29) is 0 Å². The number of fused-ring (bicyclic) bond motifs is 1. The molecular weight excluding hydrogens is 434 g/mol. The molecule has 0 aliphatic carbocycles. The summed E-state index contributed by atoms with van der Waals surface area (Å²) in [5.74, 6) is 1.46. The summed E-state index contributed by atoms with van der Waals surface area (Å²) in [7, 11) is 0. The third-order valence-corrected chi connectivity index (χ3v) is 5.49. The molecule has 0 atom stereocenters. The van der Waals surface area contributed by atoms with Crippen LogP contribution in [-0.2, 0) is 13.0 Å². The predicted molar refractivity (Wildman–Crippen MR) is 130 cm³/mol. The quantitative estimate of drug-likeness (QED) is 0.340. The molecule has 2 heterocycles. The zero-order valence-corrected chi connectivity index (χ0v) is 18.4. The number of nitrogens with one attached hydrogen (secondary N) is 1. The van der Waals surface area contributed by atoms with Crippen LogP contribution in [0.5, 0.6) is 5.75 Å². The Morgan fingerprint density at radius 2 is 1.70 bits per heavy atom. The summed E-state index contributed by atoms with van der Waals surface area (Å²) >= 11 is 6.08. The Balaban J connectivity index is 1.23. The second kappa shape index (κ2) is 9.63. The third-order valence-electron chi connectivity index (χ3n) is 5.25. The average Bonchev–Trinajstić information content (AvgIpc) is 3.36. The molecule has 6 nitrogen and oxygen atoms in total. The molecule has 5 rings (SSSR count). The van der Waals surface area contributed by atoms with Crippen LogP contribution in [0.2, 0.25) is 5.02 Å². The maximum atomic E-state index is 6.08. The molecule has 0 aliphatic rings. The van der Waals surface area contributed by atoms with Crippen LogP contribution >= 0.6 is 11.6 Å². The molecule has 162 valence electrons. The van der Waals surface area contributed by atoms with Gasteiger partial charge in [-0.05, 0) is 53.1 Å². The number of halogens is 1. The fraction of sp³-hybridized carbons (Fsp3) is 0.0769. The topological polar surface area (TPSA) is 76.6 Å². The zero-order valence-electron chi connectivity index (χ0n) is 17.6. The monoisotopic (exact) mass is 453 g/mol. The second-order valence-electron chi connectivity index (χ2n) is 7.54. The van der Waals surface area contributed by atoms with Crippen LogP contribution in [0.25, 0.3) is 23.1 Å². The number of rotatable bonds is 7. The first-order chi connectivity index (χ1) is 16.2. The summed E-state index contributed by atoms with van der Waals surface area (Å²) in [5.41, 5.74) is 5.03. The maximum Gasteiger partial charge on any atom is 0.178 e. The van der Waals surface area contributed by atoms with Gasteiger partial charge in [0, 0.05) is 16.8 Å². The molecular formula is C26H20ClN5O. The van der Waals surface area contributed by atoms with E-state index in [1.54, 1.807) is 0 Å². The van der Waals surface area contributed by atoms with Crippen molar-refractivity contribution in [3.05, 3.63) is 112 Å². The molecule has 3 aromatic carbocycles. The van der Waals surface area contributed by atoms with Crippen molar-refractivity contribution in [2.45, 2.75) is 13.0 Å². The van der Waals surface area contributed by atoms with Gasteiger partial charge in [-0.3, -0.25) is 0 Å². The Labute approximate surface area is 195 Å². The highest BCUT2D eigenvalue weighted by atomic mass is 35.5. The van der Waals surface area contributed by atoms with Crippen molar-refractivity contribution >= 4 is 34.7 Å². The van der Waals surface area contributed by atoms with E-state index in [9.17, 15) is 0 Å². The van der Waals surface area contributed by atoms with Crippen LogP contribution in [0.15, 0.2) is 78.9 Å². The third kappa shape index (κ3) is 5.25. The minimum absolute atomic E-state index is 0.465. The molecule has 5 aromatic rings. The molecule has 0 saturated heterocycles. The lowest BCUT2D eigenvalue weighted by Crippen LogP contribution is -2.02. The number of tetrazole rings is 1. The van der Waals surface area contributed by atoms with Gasteiger partial charge in [0.2, 0.25) is 0 Å². The molecule has 0 bridgehead atoms. The number of ether oxygens (including phenoxy) is 1. The SMILES string of the molecule is Clc1ccc2ccc(/C=C/c3ccc(OCc4ccccc4Cc4nn[nH]n4)cc3)nc2c1. The Kier molecular flexibility index (Phi) is 6.08. The van der Waals surface area contributed by atoms with E-state index in [2.05, 4.69) is 37.7 Å². The standard InChI is InChI=1S/C26H20ClN5O/c27-22-10-8-19-9-12-23(28-25(19)16-22)11-5-18-6-13-24(14-7-18)33-17-21-4-2-1-3-20(21)15-26-29-31-32-30-26/h1-14,16H,15,17H2,(H,29,30,31,32)/b11-5+. The number of benzene rings is 3.